The molecule has 0 aliphatic heterocycles. The molecule has 0 saturated heterocycles. The van der Waals surface area contributed by atoms with Crippen molar-refractivity contribution in [1.82, 2.24) is 0 Å². The number of carbonyl (C=O) groups excluding carboxylic acids is 1. The summed E-state index contributed by atoms with van der Waals surface area (Å²) in [5.41, 5.74) is 0.854. The lowest BCUT2D eigenvalue weighted by atomic mass is 9.56. The van der Waals surface area contributed by atoms with Gasteiger partial charge in [0.05, 0.1) is 11.8 Å². The van der Waals surface area contributed by atoms with Crippen LogP contribution in [0.15, 0.2) is 5.16 Å². The van der Waals surface area contributed by atoms with Gasteiger partial charge in [0.25, 0.3) is 0 Å². The molecule has 0 aromatic rings. The first-order chi connectivity index (χ1) is 8.56. The molecule has 102 valence electrons. The fourth-order valence-electron chi connectivity index (χ4n) is 3.82. The van der Waals surface area contributed by atoms with Crippen molar-refractivity contribution in [2.75, 3.05) is 0 Å². The Morgan fingerprint density at radius 2 is 1.94 bits per heavy atom. The van der Waals surface area contributed by atoms with Crippen LogP contribution in [0, 0.1) is 11.3 Å². The third-order valence-corrected chi connectivity index (χ3v) is 4.72. The first-order valence-electron chi connectivity index (χ1n) is 6.97. The first kappa shape index (κ1) is 13.5. The zero-order chi connectivity index (χ0) is 13.2. The zero-order valence-electron chi connectivity index (χ0n) is 11.3. The summed E-state index contributed by atoms with van der Waals surface area (Å²) >= 11 is 0. The van der Waals surface area contributed by atoms with E-state index in [1.165, 1.54) is 19.8 Å². The number of nitrogens with zero attached hydrogens (tertiary/aromatic N) is 1. The van der Waals surface area contributed by atoms with Crippen LogP contribution in [0.5, 0.6) is 0 Å². The van der Waals surface area contributed by atoms with E-state index in [2.05, 4.69) is 5.16 Å². The number of carbonyl (C=O) groups is 1. The number of oxime groups is 1. The normalized spacial score (nSPS) is 36.9. The Balaban J connectivity index is 2.23. The maximum Gasteiger partial charge on any atom is 0.331 e. The molecule has 0 amide bonds. The Labute approximate surface area is 108 Å². The van der Waals surface area contributed by atoms with Crippen molar-refractivity contribution in [3.63, 3.8) is 0 Å². The molecule has 4 heteroatoms. The topological polar surface area (TPSA) is 58.9 Å². The van der Waals surface area contributed by atoms with E-state index in [4.69, 9.17) is 4.84 Å². The molecule has 4 nitrogen and oxygen atoms in total. The molecule has 0 aromatic heterocycles. The van der Waals surface area contributed by atoms with Crippen LogP contribution in [0.3, 0.4) is 0 Å². The van der Waals surface area contributed by atoms with Crippen molar-refractivity contribution < 1.29 is 14.7 Å². The summed E-state index contributed by atoms with van der Waals surface area (Å²) < 4.78 is 0. The molecule has 0 spiro atoms. The molecule has 2 rings (SSSR count). The van der Waals surface area contributed by atoms with Crippen LogP contribution in [0.2, 0.25) is 0 Å². The average molecular weight is 253 g/mol. The van der Waals surface area contributed by atoms with E-state index in [-0.39, 0.29) is 17.5 Å². The van der Waals surface area contributed by atoms with Crippen molar-refractivity contribution in [2.24, 2.45) is 16.5 Å². The van der Waals surface area contributed by atoms with Crippen LogP contribution in [0.25, 0.3) is 0 Å². The van der Waals surface area contributed by atoms with E-state index < -0.39 is 0 Å². The number of aliphatic hydroxyl groups is 1. The predicted octanol–water partition coefficient (Wildman–Crippen LogP) is 2.65. The van der Waals surface area contributed by atoms with Crippen LogP contribution in [0.1, 0.15) is 58.8 Å². The Bertz CT molecular complexity index is 349. The SMILES string of the molecule is CC(=O)O/N=C(\C)C12CCCCC1C(O)CCC2. The minimum atomic E-state index is -0.380. The van der Waals surface area contributed by atoms with Crippen LogP contribution in [-0.2, 0) is 9.63 Å². The highest BCUT2D eigenvalue weighted by atomic mass is 16.7. The number of aliphatic hydroxyl groups excluding tert-OH is 1. The minimum Gasteiger partial charge on any atom is -0.393 e. The summed E-state index contributed by atoms with van der Waals surface area (Å²) in [6, 6.07) is 0. The van der Waals surface area contributed by atoms with Gasteiger partial charge in [0.15, 0.2) is 0 Å². The van der Waals surface area contributed by atoms with Gasteiger partial charge in [-0.05, 0) is 44.9 Å². The second-order valence-corrected chi connectivity index (χ2v) is 5.73. The van der Waals surface area contributed by atoms with Gasteiger partial charge >= 0.3 is 5.97 Å². The molecule has 3 unspecified atom stereocenters. The highest BCUT2D eigenvalue weighted by Gasteiger charge is 2.48. The summed E-state index contributed by atoms with van der Waals surface area (Å²) in [4.78, 5) is 15.7. The van der Waals surface area contributed by atoms with Gasteiger partial charge in [-0.3, -0.25) is 0 Å². The molecule has 2 aliphatic rings. The van der Waals surface area contributed by atoms with Crippen molar-refractivity contribution >= 4 is 11.7 Å². The molecule has 2 fully saturated rings. The second kappa shape index (κ2) is 5.39. The molecule has 0 heterocycles. The Morgan fingerprint density at radius 3 is 2.67 bits per heavy atom. The summed E-state index contributed by atoms with van der Waals surface area (Å²) in [5, 5.41) is 14.2. The molecular weight excluding hydrogens is 230 g/mol. The number of hydrogen-bond donors (Lipinski definition) is 1. The third kappa shape index (κ3) is 2.44. The largest absolute Gasteiger partial charge is 0.393 e. The van der Waals surface area contributed by atoms with Gasteiger partial charge in [-0.2, -0.15) is 0 Å². The molecule has 0 bridgehead atoms. The third-order valence-electron chi connectivity index (χ3n) is 4.72. The van der Waals surface area contributed by atoms with Gasteiger partial charge in [-0.1, -0.05) is 18.0 Å². The van der Waals surface area contributed by atoms with Crippen molar-refractivity contribution in [2.45, 2.75) is 64.9 Å². The molecule has 2 aliphatic carbocycles. The number of rotatable bonds is 2. The van der Waals surface area contributed by atoms with E-state index in [9.17, 15) is 9.90 Å². The molecular formula is C14H23NO3. The van der Waals surface area contributed by atoms with Gasteiger partial charge in [-0.15, -0.1) is 0 Å². The van der Waals surface area contributed by atoms with E-state index in [1.54, 1.807) is 0 Å². The number of fused-ring (bicyclic) bond motifs is 1. The van der Waals surface area contributed by atoms with Gasteiger partial charge in [0.1, 0.15) is 0 Å². The fourth-order valence-corrected chi connectivity index (χ4v) is 3.82. The second-order valence-electron chi connectivity index (χ2n) is 5.73. The van der Waals surface area contributed by atoms with Crippen LogP contribution in [0.4, 0.5) is 0 Å². The van der Waals surface area contributed by atoms with Gasteiger partial charge in [0, 0.05) is 12.3 Å². The monoisotopic (exact) mass is 253 g/mol. The van der Waals surface area contributed by atoms with E-state index >= 15 is 0 Å². The summed E-state index contributed by atoms with van der Waals surface area (Å²) in [6.45, 7) is 3.31. The van der Waals surface area contributed by atoms with E-state index in [0.29, 0.717) is 5.92 Å². The lowest BCUT2D eigenvalue weighted by Gasteiger charge is -2.49. The highest BCUT2D eigenvalue weighted by Crippen LogP contribution is 2.51. The fraction of sp³-hybridized carbons (Fsp3) is 0.857. The summed E-state index contributed by atoms with van der Waals surface area (Å²) in [6.07, 6.45) is 7.25. The Kier molecular flexibility index (Phi) is 4.05. The molecule has 2 saturated carbocycles. The maximum atomic E-state index is 10.9. The van der Waals surface area contributed by atoms with Crippen LogP contribution >= 0.6 is 0 Å². The number of hydrogen-bond acceptors (Lipinski definition) is 4. The molecule has 0 aromatic carbocycles. The Hall–Kier alpha value is -0.900. The average Bonchev–Trinajstić information content (AvgIpc) is 2.36. The maximum absolute atomic E-state index is 10.9. The highest BCUT2D eigenvalue weighted by molar-refractivity contribution is 5.88. The Morgan fingerprint density at radius 1 is 1.22 bits per heavy atom. The quantitative estimate of drug-likeness (QED) is 0.467. The van der Waals surface area contributed by atoms with Gasteiger partial charge in [-0.25, -0.2) is 4.79 Å². The van der Waals surface area contributed by atoms with Gasteiger partial charge in [0.2, 0.25) is 0 Å². The lowest BCUT2D eigenvalue weighted by molar-refractivity contribution is -0.141. The van der Waals surface area contributed by atoms with Crippen LogP contribution < -0.4 is 0 Å². The van der Waals surface area contributed by atoms with Crippen LogP contribution in [-0.4, -0.2) is 22.9 Å². The summed E-state index contributed by atoms with van der Waals surface area (Å²) in [5.74, 6) is -0.0891. The van der Waals surface area contributed by atoms with Crippen molar-refractivity contribution in [1.29, 1.82) is 0 Å². The standard InChI is InChI=1S/C14H23NO3/c1-10(15-18-11(2)16)14-8-4-3-6-12(14)13(17)7-5-9-14/h12-13,17H,3-9H2,1-2H3/b15-10+. The lowest BCUT2D eigenvalue weighted by Crippen LogP contribution is -2.48. The van der Waals surface area contributed by atoms with Gasteiger partial charge < -0.3 is 9.94 Å². The molecule has 1 N–H and O–H groups in total. The minimum absolute atomic E-state index is 0.0363. The van der Waals surface area contributed by atoms with Crippen molar-refractivity contribution in [3.05, 3.63) is 0 Å². The molecule has 3 atom stereocenters. The smallest absolute Gasteiger partial charge is 0.331 e. The first-order valence-corrected chi connectivity index (χ1v) is 6.97. The predicted molar refractivity (Wildman–Crippen MR) is 69.1 cm³/mol. The van der Waals surface area contributed by atoms with E-state index in [1.807, 2.05) is 6.92 Å². The van der Waals surface area contributed by atoms with Crippen molar-refractivity contribution in [3.8, 4) is 0 Å². The molecule has 0 radical (unpaired) electrons. The molecule has 18 heavy (non-hydrogen) atoms. The van der Waals surface area contributed by atoms with E-state index in [0.717, 1.165) is 37.8 Å². The zero-order valence-corrected chi connectivity index (χ0v) is 11.3. The summed E-state index contributed by atoms with van der Waals surface area (Å²) in [7, 11) is 0.